The summed E-state index contributed by atoms with van der Waals surface area (Å²) in [4.78, 5) is 6.71. The highest BCUT2D eigenvalue weighted by molar-refractivity contribution is 6.30. The number of phenols is 1. The van der Waals surface area contributed by atoms with Gasteiger partial charge in [0.25, 0.3) is 0 Å². The summed E-state index contributed by atoms with van der Waals surface area (Å²) < 4.78 is 0. The standard InChI is InChI=1S/C24H24ClN3O/c1-15(2)23-24(26)27-14-18-5-3-4-6-20(18)28(23)21-13-17(9-12-22(21)29)16-7-10-19(25)11-8-16/h3-15,23-24,29H,26H2,1-2H3. The van der Waals surface area contributed by atoms with Gasteiger partial charge in [0.1, 0.15) is 11.9 Å². The SMILES string of the molecule is CC(C)C1C(N)N=Cc2ccccc2N1c1cc(-c2ccc(Cl)cc2)ccc1O. The zero-order chi connectivity index (χ0) is 20.5. The van der Waals surface area contributed by atoms with Gasteiger partial charge in [-0.1, -0.05) is 61.8 Å². The van der Waals surface area contributed by atoms with E-state index in [1.165, 1.54) is 0 Å². The number of para-hydroxylation sites is 1. The molecule has 0 radical (unpaired) electrons. The Morgan fingerprint density at radius 3 is 2.38 bits per heavy atom. The number of rotatable bonds is 3. The number of anilines is 2. The molecule has 0 aliphatic carbocycles. The third-order valence-corrected chi connectivity index (χ3v) is 5.58. The summed E-state index contributed by atoms with van der Waals surface area (Å²) in [7, 11) is 0. The number of hydrogen-bond acceptors (Lipinski definition) is 4. The minimum absolute atomic E-state index is 0.110. The first kappa shape index (κ1) is 19.5. The summed E-state index contributed by atoms with van der Waals surface area (Å²) in [6.45, 7) is 4.25. The Hall–Kier alpha value is -2.82. The molecule has 3 aromatic carbocycles. The Balaban J connectivity index is 1.91. The monoisotopic (exact) mass is 405 g/mol. The van der Waals surface area contributed by atoms with Crippen LogP contribution in [-0.4, -0.2) is 23.5 Å². The molecule has 0 spiro atoms. The predicted molar refractivity (Wildman–Crippen MR) is 121 cm³/mol. The Bertz CT molecular complexity index is 1050. The fraction of sp³-hybridized carbons (Fsp3) is 0.208. The van der Waals surface area contributed by atoms with Crippen molar-refractivity contribution in [2.45, 2.75) is 26.1 Å². The van der Waals surface area contributed by atoms with Gasteiger partial charge < -0.3 is 15.7 Å². The van der Waals surface area contributed by atoms with Gasteiger partial charge >= 0.3 is 0 Å². The van der Waals surface area contributed by atoms with Crippen molar-refractivity contribution in [3.8, 4) is 16.9 Å². The van der Waals surface area contributed by atoms with Crippen LogP contribution >= 0.6 is 11.6 Å². The molecule has 4 rings (SSSR count). The van der Waals surface area contributed by atoms with Crippen LogP contribution in [0.4, 0.5) is 11.4 Å². The lowest BCUT2D eigenvalue weighted by Crippen LogP contribution is -2.47. The highest BCUT2D eigenvalue weighted by Crippen LogP contribution is 2.42. The van der Waals surface area contributed by atoms with Crippen molar-refractivity contribution in [3.63, 3.8) is 0 Å². The van der Waals surface area contributed by atoms with Gasteiger partial charge in [0.05, 0.1) is 17.4 Å². The highest BCUT2D eigenvalue weighted by Gasteiger charge is 2.33. The fourth-order valence-corrected chi connectivity index (χ4v) is 4.03. The molecular formula is C24H24ClN3O. The van der Waals surface area contributed by atoms with Crippen LogP contribution < -0.4 is 10.6 Å². The molecule has 0 saturated heterocycles. The highest BCUT2D eigenvalue weighted by atomic mass is 35.5. The van der Waals surface area contributed by atoms with E-state index in [0.29, 0.717) is 10.7 Å². The molecule has 3 aromatic rings. The third-order valence-electron chi connectivity index (χ3n) is 5.33. The van der Waals surface area contributed by atoms with Crippen LogP contribution in [0.3, 0.4) is 0 Å². The van der Waals surface area contributed by atoms with E-state index >= 15 is 0 Å². The van der Waals surface area contributed by atoms with Crippen molar-refractivity contribution in [1.29, 1.82) is 0 Å². The molecular weight excluding hydrogens is 382 g/mol. The van der Waals surface area contributed by atoms with E-state index in [1.54, 1.807) is 6.07 Å². The average molecular weight is 406 g/mol. The molecule has 0 saturated carbocycles. The molecule has 0 bridgehead atoms. The Labute approximate surface area is 176 Å². The van der Waals surface area contributed by atoms with Gasteiger partial charge in [-0.15, -0.1) is 0 Å². The summed E-state index contributed by atoms with van der Waals surface area (Å²) in [5.74, 6) is 0.421. The summed E-state index contributed by atoms with van der Waals surface area (Å²) in [6, 6.07) is 21.3. The van der Waals surface area contributed by atoms with Gasteiger partial charge in [0.15, 0.2) is 0 Å². The van der Waals surface area contributed by atoms with E-state index in [2.05, 4.69) is 23.7 Å². The second kappa shape index (κ2) is 7.90. The van der Waals surface area contributed by atoms with Gasteiger partial charge in [-0.2, -0.15) is 0 Å². The number of benzodiazepines with no additional fused rings is 1. The normalized spacial score (nSPS) is 18.6. The maximum atomic E-state index is 10.8. The lowest BCUT2D eigenvalue weighted by atomic mass is 9.96. The first-order valence-electron chi connectivity index (χ1n) is 9.71. The predicted octanol–water partition coefficient (Wildman–Crippen LogP) is 5.59. The number of phenolic OH excluding ortho intramolecular Hbond substituents is 1. The summed E-state index contributed by atoms with van der Waals surface area (Å²) >= 11 is 6.05. The molecule has 1 aliphatic heterocycles. The number of halogens is 1. The van der Waals surface area contributed by atoms with Crippen molar-refractivity contribution >= 4 is 29.2 Å². The lowest BCUT2D eigenvalue weighted by molar-refractivity contribution is 0.413. The molecule has 2 unspecified atom stereocenters. The van der Waals surface area contributed by atoms with Gasteiger partial charge in [-0.3, -0.25) is 4.99 Å². The minimum Gasteiger partial charge on any atom is -0.506 e. The quantitative estimate of drug-likeness (QED) is 0.596. The van der Waals surface area contributed by atoms with E-state index in [9.17, 15) is 5.11 Å². The number of nitrogens with zero attached hydrogens (tertiary/aromatic N) is 2. The molecule has 0 aromatic heterocycles. The van der Waals surface area contributed by atoms with Crippen molar-refractivity contribution < 1.29 is 5.11 Å². The van der Waals surface area contributed by atoms with Crippen LogP contribution in [0.15, 0.2) is 71.7 Å². The van der Waals surface area contributed by atoms with E-state index in [-0.39, 0.29) is 17.7 Å². The van der Waals surface area contributed by atoms with Gasteiger partial charge in [0, 0.05) is 16.8 Å². The Kier molecular flexibility index (Phi) is 5.31. The first-order valence-corrected chi connectivity index (χ1v) is 10.1. The van der Waals surface area contributed by atoms with Crippen molar-refractivity contribution in [2.24, 2.45) is 16.6 Å². The van der Waals surface area contributed by atoms with Crippen LogP contribution in [-0.2, 0) is 0 Å². The second-order valence-corrected chi connectivity index (χ2v) is 8.08. The van der Waals surface area contributed by atoms with Crippen molar-refractivity contribution in [1.82, 2.24) is 0 Å². The zero-order valence-corrected chi connectivity index (χ0v) is 17.2. The molecule has 0 amide bonds. The van der Waals surface area contributed by atoms with Gasteiger partial charge in [0.2, 0.25) is 0 Å². The van der Waals surface area contributed by atoms with Crippen LogP contribution in [0.1, 0.15) is 19.4 Å². The topological polar surface area (TPSA) is 61.8 Å². The average Bonchev–Trinajstić information content (AvgIpc) is 2.86. The molecule has 1 heterocycles. The third kappa shape index (κ3) is 3.74. The second-order valence-electron chi connectivity index (χ2n) is 7.64. The fourth-order valence-electron chi connectivity index (χ4n) is 3.91. The number of aromatic hydroxyl groups is 1. The van der Waals surface area contributed by atoms with Crippen LogP contribution in [0, 0.1) is 5.92 Å². The molecule has 3 N–H and O–H groups in total. The summed E-state index contributed by atoms with van der Waals surface area (Å²) in [5.41, 5.74) is 11.2. The van der Waals surface area contributed by atoms with E-state index in [1.807, 2.05) is 66.9 Å². The number of hydrogen-bond donors (Lipinski definition) is 2. The van der Waals surface area contributed by atoms with Crippen molar-refractivity contribution in [3.05, 3.63) is 77.3 Å². The molecule has 148 valence electrons. The number of nitrogens with two attached hydrogens (primary N) is 1. The largest absolute Gasteiger partial charge is 0.506 e. The smallest absolute Gasteiger partial charge is 0.139 e. The van der Waals surface area contributed by atoms with Crippen LogP contribution in [0.2, 0.25) is 5.02 Å². The first-order chi connectivity index (χ1) is 14.0. The van der Waals surface area contributed by atoms with Gasteiger partial charge in [-0.05, 0) is 47.4 Å². The molecule has 2 atom stereocenters. The maximum absolute atomic E-state index is 10.8. The van der Waals surface area contributed by atoms with E-state index in [4.69, 9.17) is 17.3 Å². The summed E-state index contributed by atoms with van der Waals surface area (Å²) in [6.07, 6.45) is 1.41. The zero-order valence-electron chi connectivity index (χ0n) is 16.5. The Morgan fingerprint density at radius 2 is 1.66 bits per heavy atom. The lowest BCUT2D eigenvalue weighted by Gasteiger charge is -2.38. The van der Waals surface area contributed by atoms with E-state index < -0.39 is 6.17 Å². The Morgan fingerprint density at radius 1 is 0.966 bits per heavy atom. The van der Waals surface area contributed by atoms with Crippen LogP contribution in [0.5, 0.6) is 5.75 Å². The summed E-state index contributed by atoms with van der Waals surface area (Å²) in [5, 5.41) is 11.5. The van der Waals surface area contributed by atoms with Crippen molar-refractivity contribution in [2.75, 3.05) is 4.90 Å². The molecule has 0 fully saturated rings. The molecule has 1 aliphatic rings. The van der Waals surface area contributed by atoms with Crippen LogP contribution in [0.25, 0.3) is 11.1 Å². The maximum Gasteiger partial charge on any atom is 0.139 e. The number of aliphatic imine (C=N–C) groups is 1. The van der Waals surface area contributed by atoms with E-state index in [0.717, 1.165) is 22.4 Å². The number of benzene rings is 3. The minimum atomic E-state index is -0.416. The molecule has 5 heteroatoms. The molecule has 29 heavy (non-hydrogen) atoms. The molecule has 4 nitrogen and oxygen atoms in total. The van der Waals surface area contributed by atoms with Gasteiger partial charge in [-0.25, -0.2) is 0 Å². The number of fused-ring (bicyclic) bond motifs is 1.